The lowest BCUT2D eigenvalue weighted by atomic mass is 9.93. The van der Waals surface area contributed by atoms with E-state index >= 15 is 0 Å². The van der Waals surface area contributed by atoms with Crippen LogP contribution in [0.4, 0.5) is 0 Å². The number of carbonyl (C=O) groups is 1. The highest BCUT2D eigenvalue weighted by Gasteiger charge is 2.33. The van der Waals surface area contributed by atoms with Gasteiger partial charge in [-0.3, -0.25) is 4.79 Å². The zero-order valence-corrected chi connectivity index (χ0v) is 13.0. The third kappa shape index (κ3) is 2.38. The van der Waals surface area contributed by atoms with Crippen LogP contribution in [0.25, 0.3) is 5.57 Å². The summed E-state index contributed by atoms with van der Waals surface area (Å²) in [6.45, 7) is 0. The van der Waals surface area contributed by atoms with Crippen molar-refractivity contribution in [3.63, 3.8) is 0 Å². The molecule has 2 N–H and O–H groups in total. The average molecular weight is 375 g/mol. The highest BCUT2D eigenvalue weighted by Crippen LogP contribution is 2.38. The predicted molar refractivity (Wildman–Crippen MR) is 89.1 cm³/mol. The Kier molecular flexibility index (Phi) is 3.61. The second-order valence-corrected chi connectivity index (χ2v) is 6.19. The van der Waals surface area contributed by atoms with Gasteiger partial charge in [-0.2, -0.15) is 0 Å². The number of Topliss-reactive ketones (excluding diaryl/α,β-unsaturated/α-hetero) is 1. The van der Waals surface area contributed by atoms with Gasteiger partial charge in [-0.15, -0.1) is 0 Å². The minimum atomic E-state index is -0.135. The molecule has 20 heavy (non-hydrogen) atoms. The molecule has 100 valence electrons. The SMILES string of the molecule is NC1=C(c2cccc(I)c2)C(=O)C(c2ccccc2)C1. The summed E-state index contributed by atoms with van der Waals surface area (Å²) in [5, 5.41) is 0. The Morgan fingerprint density at radius 1 is 1.05 bits per heavy atom. The first-order valence-electron chi connectivity index (χ1n) is 6.50. The zero-order valence-electron chi connectivity index (χ0n) is 10.8. The number of allylic oxidation sites excluding steroid dienone is 2. The van der Waals surface area contributed by atoms with E-state index in [9.17, 15) is 4.79 Å². The molecule has 0 bridgehead atoms. The van der Waals surface area contributed by atoms with Gasteiger partial charge in [0.05, 0.1) is 5.92 Å². The normalized spacial score (nSPS) is 18.6. The Bertz CT molecular complexity index is 691. The summed E-state index contributed by atoms with van der Waals surface area (Å²) in [5.74, 6) is -0.000215. The number of halogens is 1. The summed E-state index contributed by atoms with van der Waals surface area (Å²) in [5.41, 5.74) is 9.50. The van der Waals surface area contributed by atoms with Crippen LogP contribution < -0.4 is 5.73 Å². The van der Waals surface area contributed by atoms with Gasteiger partial charge in [0, 0.05) is 21.3 Å². The standard InChI is InChI=1S/C17H14INO/c18-13-8-4-7-12(9-13)16-15(19)10-14(17(16)20)11-5-2-1-3-6-11/h1-9,14H,10,19H2. The molecule has 1 atom stereocenters. The van der Waals surface area contributed by atoms with Crippen LogP contribution in [0.1, 0.15) is 23.5 Å². The molecule has 3 rings (SSSR count). The third-order valence-corrected chi connectivity index (χ3v) is 4.29. The molecule has 3 heteroatoms. The van der Waals surface area contributed by atoms with E-state index in [0.29, 0.717) is 17.7 Å². The average Bonchev–Trinajstić information content (AvgIpc) is 2.75. The number of benzene rings is 2. The molecule has 0 fully saturated rings. The molecule has 0 saturated carbocycles. The van der Waals surface area contributed by atoms with E-state index in [4.69, 9.17) is 5.73 Å². The summed E-state index contributed by atoms with van der Waals surface area (Å²) in [6.07, 6.45) is 0.615. The topological polar surface area (TPSA) is 43.1 Å². The Balaban J connectivity index is 1.98. The lowest BCUT2D eigenvalue weighted by Crippen LogP contribution is -2.08. The summed E-state index contributed by atoms with van der Waals surface area (Å²) < 4.78 is 1.11. The zero-order chi connectivity index (χ0) is 14.1. The number of hydrogen-bond donors (Lipinski definition) is 1. The lowest BCUT2D eigenvalue weighted by molar-refractivity contribution is -0.114. The van der Waals surface area contributed by atoms with Gasteiger partial charge in [-0.25, -0.2) is 0 Å². The summed E-state index contributed by atoms with van der Waals surface area (Å²) >= 11 is 2.25. The predicted octanol–water partition coefficient (Wildman–Crippen LogP) is 3.72. The van der Waals surface area contributed by atoms with Crippen LogP contribution in [0.15, 0.2) is 60.3 Å². The highest BCUT2D eigenvalue weighted by molar-refractivity contribution is 14.1. The second-order valence-electron chi connectivity index (χ2n) is 4.94. The molecular weight excluding hydrogens is 361 g/mol. The van der Waals surface area contributed by atoms with Gasteiger partial charge < -0.3 is 5.73 Å². The van der Waals surface area contributed by atoms with E-state index in [1.54, 1.807) is 0 Å². The van der Waals surface area contributed by atoms with Crippen molar-refractivity contribution < 1.29 is 4.79 Å². The Labute approximate surface area is 131 Å². The first-order chi connectivity index (χ1) is 9.66. The van der Waals surface area contributed by atoms with E-state index in [0.717, 1.165) is 14.7 Å². The molecule has 0 saturated heterocycles. The van der Waals surface area contributed by atoms with Gasteiger partial charge in [0.25, 0.3) is 0 Å². The van der Waals surface area contributed by atoms with Crippen LogP contribution in [0, 0.1) is 3.57 Å². The quantitative estimate of drug-likeness (QED) is 0.814. The van der Waals surface area contributed by atoms with Gasteiger partial charge >= 0.3 is 0 Å². The Morgan fingerprint density at radius 3 is 2.50 bits per heavy atom. The number of hydrogen-bond acceptors (Lipinski definition) is 2. The second kappa shape index (κ2) is 5.40. The minimum absolute atomic E-state index is 0.135. The fourth-order valence-electron chi connectivity index (χ4n) is 2.67. The van der Waals surface area contributed by atoms with Crippen LogP contribution in [0.5, 0.6) is 0 Å². The van der Waals surface area contributed by atoms with Crippen molar-refractivity contribution >= 4 is 33.9 Å². The van der Waals surface area contributed by atoms with Crippen LogP contribution in [0.3, 0.4) is 0 Å². The molecule has 0 aliphatic heterocycles. The summed E-state index contributed by atoms with van der Waals surface area (Å²) in [4.78, 5) is 12.7. The minimum Gasteiger partial charge on any atom is -0.401 e. The fourth-order valence-corrected chi connectivity index (χ4v) is 3.22. The largest absolute Gasteiger partial charge is 0.401 e. The molecular formula is C17H14INO. The maximum Gasteiger partial charge on any atom is 0.173 e. The maximum absolute atomic E-state index is 12.7. The lowest BCUT2D eigenvalue weighted by Gasteiger charge is -2.09. The number of rotatable bonds is 2. The summed E-state index contributed by atoms with van der Waals surface area (Å²) in [7, 11) is 0. The van der Waals surface area contributed by atoms with Gasteiger partial charge in [0.1, 0.15) is 0 Å². The van der Waals surface area contributed by atoms with Crippen molar-refractivity contribution in [1.29, 1.82) is 0 Å². The molecule has 0 aromatic heterocycles. The van der Waals surface area contributed by atoms with Gasteiger partial charge in [0.2, 0.25) is 0 Å². The molecule has 1 unspecified atom stereocenters. The molecule has 2 nitrogen and oxygen atoms in total. The van der Waals surface area contributed by atoms with Crippen molar-refractivity contribution in [3.05, 3.63) is 75.0 Å². The van der Waals surface area contributed by atoms with Crippen molar-refractivity contribution in [2.45, 2.75) is 12.3 Å². The molecule has 0 radical (unpaired) electrons. The van der Waals surface area contributed by atoms with Crippen LogP contribution >= 0.6 is 22.6 Å². The van der Waals surface area contributed by atoms with Crippen molar-refractivity contribution in [1.82, 2.24) is 0 Å². The van der Waals surface area contributed by atoms with E-state index in [1.807, 2.05) is 54.6 Å². The van der Waals surface area contributed by atoms with E-state index < -0.39 is 0 Å². The third-order valence-electron chi connectivity index (χ3n) is 3.62. The van der Waals surface area contributed by atoms with Crippen molar-refractivity contribution in [3.8, 4) is 0 Å². The van der Waals surface area contributed by atoms with Gasteiger partial charge in [-0.05, 0) is 45.9 Å². The Morgan fingerprint density at radius 2 is 1.80 bits per heavy atom. The van der Waals surface area contributed by atoms with E-state index in [1.165, 1.54) is 0 Å². The number of carbonyl (C=O) groups excluding carboxylic acids is 1. The molecule has 0 spiro atoms. The monoisotopic (exact) mass is 375 g/mol. The molecule has 0 heterocycles. The molecule has 1 aliphatic carbocycles. The summed E-state index contributed by atoms with van der Waals surface area (Å²) in [6, 6.07) is 17.8. The first kappa shape index (κ1) is 13.4. The Hall–Kier alpha value is -1.62. The van der Waals surface area contributed by atoms with Gasteiger partial charge in [-0.1, -0.05) is 42.5 Å². The maximum atomic E-state index is 12.7. The molecule has 2 aromatic rings. The fraction of sp³-hybridized carbons (Fsp3) is 0.118. The smallest absolute Gasteiger partial charge is 0.173 e. The van der Waals surface area contributed by atoms with Crippen LogP contribution in [0.2, 0.25) is 0 Å². The van der Waals surface area contributed by atoms with Crippen molar-refractivity contribution in [2.24, 2.45) is 5.73 Å². The highest BCUT2D eigenvalue weighted by atomic mass is 127. The molecule has 0 amide bonds. The van der Waals surface area contributed by atoms with Gasteiger partial charge in [0.15, 0.2) is 5.78 Å². The number of nitrogens with two attached hydrogens (primary N) is 1. The number of ketones is 1. The van der Waals surface area contributed by atoms with E-state index in [-0.39, 0.29) is 11.7 Å². The van der Waals surface area contributed by atoms with Crippen LogP contribution in [-0.2, 0) is 4.79 Å². The first-order valence-corrected chi connectivity index (χ1v) is 7.58. The van der Waals surface area contributed by atoms with Crippen LogP contribution in [-0.4, -0.2) is 5.78 Å². The molecule has 2 aromatic carbocycles. The molecule has 1 aliphatic rings. The van der Waals surface area contributed by atoms with E-state index in [2.05, 4.69) is 22.6 Å². The van der Waals surface area contributed by atoms with Crippen molar-refractivity contribution in [2.75, 3.05) is 0 Å².